The van der Waals surface area contributed by atoms with Crippen LogP contribution in [0.2, 0.25) is 0 Å². The summed E-state index contributed by atoms with van der Waals surface area (Å²) in [5, 5.41) is 14.6. The number of hydrogen-bond acceptors (Lipinski definition) is 4. The van der Waals surface area contributed by atoms with Gasteiger partial charge in [-0.3, -0.25) is 4.57 Å². The van der Waals surface area contributed by atoms with E-state index >= 15 is 0 Å². The first-order valence-corrected chi connectivity index (χ1v) is 10.2. The van der Waals surface area contributed by atoms with E-state index < -0.39 is 0 Å². The summed E-state index contributed by atoms with van der Waals surface area (Å²) in [6.45, 7) is 2.13. The van der Waals surface area contributed by atoms with Gasteiger partial charge in [-0.2, -0.15) is 0 Å². The highest BCUT2D eigenvalue weighted by molar-refractivity contribution is 5.88. The Balaban J connectivity index is 1.65. The summed E-state index contributed by atoms with van der Waals surface area (Å²) in [6, 6.07) is 23.2. The first kappa shape index (κ1) is 17.1. The zero-order valence-corrected chi connectivity index (χ0v) is 16.6. The molecule has 0 bridgehead atoms. The van der Waals surface area contributed by atoms with E-state index in [9.17, 15) is 0 Å². The van der Waals surface area contributed by atoms with Crippen LogP contribution < -0.4 is 0 Å². The van der Waals surface area contributed by atoms with Gasteiger partial charge in [0.25, 0.3) is 0 Å². The molecule has 1 saturated carbocycles. The molecule has 1 N–H and O–H groups in total. The first-order valence-electron chi connectivity index (χ1n) is 10.2. The van der Waals surface area contributed by atoms with Crippen LogP contribution in [0.15, 0.2) is 66.7 Å². The van der Waals surface area contributed by atoms with E-state index in [1.165, 1.54) is 18.4 Å². The van der Waals surface area contributed by atoms with Gasteiger partial charge in [-0.25, -0.2) is 10.1 Å². The monoisotopic (exact) mass is 392 g/mol. The molecule has 0 aliphatic heterocycles. The van der Waals surface area contributed by atoms with Crippen LogP contribution in [0.1, 0.15) is 30.1 Å². The maximum absolute atomic E-state index is 5.08. The van der Waals surface area contributed by atoms with Gasteiger partial charge in [-0.1, -0.05) is 54.6 Å². The van der Waals surface area contributed by atoms with Crippen molar-refractivity contribution in [1.29, 1.82) is 0 Å². The molecule has 0 radical (unpaired) electrons. The third kappa shape index (κ3) is 2.64. The van der Waals surface area contributed by atoms with Crippen LogP contribution in [0.4, 0.5) is 0 Å². The third-order valence-corrected chi connectivity index (χ3v) is 5.82. The number of nitrogens with zero attached hydrogens (tertiary/aromatic N) is 5. The van der Waals surface area contributed by atoms with Crippen LogP contribution in [-0.4, -0.2) is 30.2 Å². The molecule has 0 atom stereocenters. The van der Waals surface area contributed by atoms with Crippen molar-refractivity contribution in [3.05, 3.63) is 78.1 Å². The zero-order chi connectivity index (χ0) is 20.1. The van der Waals surface area contributed by atoms with E-state index in [4.69, 9.17) is 4.98 Å². The number of H-pyrrole nitrogens is 1. The fourth-order valence-electron chi connectivity index (χ4n) is 4.22. The van der Waals surface area contributed by atoms with Crippen molar-refractivity contribution in [2.45, 2.75) is 25.7 Å². The number of aryl methyl sites for hydroxylation is 1. The fraction of sp³-hybridized carbons (Fsp3) is 0.167. The molecule has 0 unspecified atom stereocenters. The SMILES string of the molecule is Cc1cccc2c1nc(C1CC1)n2-c1ccccc1-c1ccccc1-c1nnn[nH]1. The Morgan fingerprint density at radius 2 is 1.63 bits per heavy atom. The highest BCUT2D eigenvalue weighted by Gasteiger charge is 2.31. The molecular weight excluding hydrogens is 372 g/mol. The summed E-state index contributed by atoms with van der Waals surface area (Å²) in [6.07, 6.45) is 2.40. The number of rotatable bonds is 4. The Morgan fingerprint density at radius 3 is 2.40 bits per heavy atom. The number of fused-ring (bicyclic) bond motifs is 1. The second-order valence-corrected chi connectivity index (χ2v) is 7.83. The van der Waals surface area contributed by atoms with Crippen LogP contribution in [0.25, 0.3) is 39.2 Å². The van der Waals surface area contributed by atoms with Gasteiger partial charge in [0, 0.05) is 17.0 Å². The summed E-state index contributed by atoms with van der Waals surface area (Å²) in [4.78, 5) is 5.08. The summed E-state index contributed by atoms with van der Waals surface area (Å²) < 4.78 is 2.35. The normalized spacial score (nSPS) is 13.8. The Kier molecular flexibility index (Phi) is 3.77. The van der Waals surface area contributed by atoms with Gasteiger partial charge in [-0.15, -0.1) is 5.10 Å². The molecule has 30 heavy (non-hydrogen) atoms. The van der Waals surface area contributed by atoms with Gasteiger partial charge < -0.3 is 0 Å². The van der Waals surface area contributed by atoms with Crippen LogP contribution in [0, 0.1) is 6.92 Å². The Morgan fingerprint density at radius 1 is 0.867 bits per heavy atom. The van der Waals surface area contributed by atoms with E-state index in [1.807, 2.05) is 12.1 Å². The second-order valence-electron chi connectivity index (χ2n) is 7.83. The molecular formula is C24H20N6. The standard InChI is InChI=1S/C24H20N6/c1-15-7-6-12-21-22(15)25-24(16-13-14-16)30(21)20-11-5-4-9-18(20)17-8-2-3-10-19(17)23-26-28-29-27-23/h2-12,16H,13-14H2,1H3,(H,26,27,28,29). The number of benzene rings is 3. The van der Waals surface area contributed by atoms with Crippen molar-refractivity contribution in [3.63, 3.8) is 0 Å². The molecule has 1 fully saturated rings. The van der Waals surface area contributed by atoms with Gasteiger partial charge >= 0.3 is 0 Å². The lowest BCUT2D eigenvalue weighted by molar-refractivity contribution is 0.881. The third-order valence-electron chi connectivity index (χ3n) is 5.82. The lowest BCUT2D eigenvalue weighted by Gasteiger charge is -2.16. The fourth-order valence-corrected chi connectivity index (χ4v) is 4.22. The van der Waals surface area contributed by atoms with Crippen molar-refractivity contribution in [2.24, 2.45) is 0 Å². The number of imidazole rings is 1. The second kappa shape index (κ2) is 6.62. The van der Waals surface area contributed by atoms with E-state index in [0.717, 1.165) is 39.2 Å². The van der Waals surface area contributed by atoms with Crippen molar-refractivity contribution in [3.8, 4) is 28.2 Å². The molecule has 6 rings (SSSR count). The Hall–Kier alpha value is -3.80. The molecule has 0 saturated heterocycles. The summed E-state index contributed by atoms with van der Waals surface area (Å²) in [7, 11) is 0. The van der Waals surface area contributed by atoms with Crippen LogP contribution in [0.3, 0.4) is 0 Å². The topological polar surface area (TPSA) is 72.3 Å². The molecule has 0 amide bonds. The number of tetrazole rings is 1. The Labute approximate surface area is 173 Å². The zero-order valence-electron chi connectivity index (χ0n) is 16.6. The minimum atomic E-state index is 0.526. The van der Waals surface area contributed by atoms with Gasteiger partial charge in [0.15, 0.2) is 5.82 Å². The smallest absolute Gasteiger partial charge is 0.180 e. The van der Waals surface area contributed by atoms with Gasteiger partial charge in [-0.05, 0) is 53.5 Å². The van der Waals surface area contributed by atoms with Crippen molar-refractivity contribution in [2.75, 3.05) is 0 Å². The van der Waals surface area contributed by atoms with E-state index in [1.54, 1.807) is 0 Å². The van der Waals surface area contributed by atoms with E-state index in [-0.39, 0.29) is 0 Å². The first-order chi connectivity index (χ1) is 14.8. The van der Waals surface area contributed by atoms with E-state index in [2.05, 4.69) is 86.7 Å². The lowest BCUT2D eigenvalue weighted by Crippen LogP contribution is -2.02. The minimum Gasteiger partial charge on any atom is -0.295 e. The number of aromatic nitrogens is 6. The summed E-state index contributed by atoms with van der Waals surface area (Å²) in [5.74, 6) is 2.35. The van der Waals surface area contributed by atoms with Gasteiger partial charge in [0.05, 0.1) is 16.7 Å². The van der Waals surface area contributed by atoms with Gasteiger partial charge in [0.2, 0.25) is 0 Å². The maximum Gasteiger partial charge on any atom is 0.180 e. The molecule has 1 aliphatic rings. The summed E-state index contributed by atoms with van der Waals surface area (Å²) in [5.41, 5.74) is 7.77. The molecule has 5 aromatic rings. The molecule has 2 heterocycles. The lowest BCUT2D eigenvalue weighted by atomic mass is 9.97. The molecule has 146 valence electrons. The average Bonchev–Trinajstić information content (AvgIpc) is 3.33. The van der Waals surface area contributed by atoms with Crippen LogP contribution in [0.5, 0.6) is 0 Å². The van der Waals surface area contributed by atoms with Crippen LogP contribution in [-0.2, 0) is 0 Å². The summed E-state index contributed by atoms with van der Waals surface area (Å²) >= 11 is 0. The largest absolute Gasteiger partial charge is 0.295 e. The maximum atomic E-state index is 5.08. The highest BCUT2D eigenvalue weighted by atomic mass is 15.5. The van der Waals surface area contributed by atoms with Crippen molar-refractivity contribution in [1.82, 2.24) is 30.2 Å². The minimum absolute atomic E-state index is 0.526. The van der Waals surface area contributed by atoms with Crippen molar-refractivity contribution < 1.29 is 0 Å². The molecule has 6 heteroatoms. The van der Waals surface area contributed by atoms with Crippen LogP contribution >= 0.6 is 0 Å². The number of para-hydroxylation sites is 2. The number of nitrogens with one attached hydrogen (secondary N) is 1. The van der Waals surface area contributed by atoms with E-state index in [0.29, 0.717) is 11.7 Å². The van der Waals surface area contributed by atoms with Gasteiger partial charge in [0.1, 0.15) is 5.82 Å². The molecule has 0 spiro atoms. The quantitative estimate of drug-likeness (QED) is 0.464. The molecule has 2 aromatic heterocycles. The molecule has 3 aromatic carbocycles. The molecule has 6 nitrogen and oxygen atoms in total. The number of hydrogen-bond donors (Lipinski definition) is 1. The molecule has 1 aliphatic carbocycles. The van der Waals surface area contributed by atoms with Crippen molar-refractivity contribution >= 4 is 11.0 Å². The highest BCUT2D eigenvalue weighted by Crippen LogP contribution is 2.44. The Bertz CT molecular complexity index is 1360. The predicted molar refractivity (Wildman–Crippen MR) is 116 cm³/mol. The number of aromatic amines is 1. The predicted octanol–water partition coefficient (Wildman–Crippen LogP) is 5.06. The average molecular weight is 392 g/mol.